The van der Waals surface area contributed by atoms with Crippen molar-refractivity contribution in [2.45, 2.75) is 19.9 Å². The zero-order chi connectivity index (χ0) is 11.2. The molecule has 0 aliphatic heterocycles. The number of rotatable bonds is 5. The number of nitrogens with zero attached hydrogens (tertiary/aromatic N) is 3. The summed E-state index contributed by atoms with van der Waals surface area (Å²) < 4.78 is 1.79. The standard InChI is InChI=1S/C12H16N4/c1-2-7-13-8-11-5-3-4-6-12(11)16-10-14-9-15-16/h3-6,9-10,13H,2,7-8H2,1H3. The van der Waals surface area contributed by atoms with E-state index in [2.05, 4.69) is 34.5 Å². The van der Waals surface area contributed by atoms with E-state index in [1.54, 1.807) is 17.3 Å². The van der Waals surface area contributed by atoms with Crippen LogP contribution in [0.4, 0.5) is 0 Å². The number of benzene rings is 1. The topological polar surface area (TPSA) is 42.7 Å². The molecule has 1 N–H and O–H groups in total. The molecule has 84 valence electrons. The van der Waals surface area contributed by atoms with E-state index in [0.717, 1.165) is 25.2 Å². The van der Waals surface area contributed by atoms with Gasteiger partial charge in [-0.2, -0.15) is 5.10 Å². The summed E-state index contributed by atoms with van der Waals surface area (Å²) in [5.41, 5.74) is 2.32. The molecule has 2 rings (SSSR count). The summed E-state index contributed by atoms with van der Waals surface area (Å²) in [6, 6.07) is 8.22. The maximum Gasteiger partial charge on any atom is 0.138 e. The molecule has 1 aromatic carbocycles. The van der Waals surface area contributed by atoms with E-state index < -0.39 is 0 Å². The molecule has 16 heavy (non-hydrogen) atoms. The van der Waals surface area contributed by atoms with Gasteiger partial charge in [-0.25, -0.2) is 9.67 Å². The third kappa shape index (κ3) is 2.46. The van der Waals surface area contributed by atoms with E-state index in [1.165, 1.54) is 5.56 Å². The van der Waals surface area contributed by atoms with E-state index in [-0.39, 0.29) is 0 Å². The Bertz CT molecular complexity index is 422. The van der Waals surface area contributed by atoms with Crippen LogP contribution in [0, 0.1) is 0 Å². The minimum absolute atomic E-state index is 0.865. The average molecular weight is 216 g/mol. The van der Waals surface area contributed by atoms with Gasteiger partial charge in [-0.05, 0) is 24.6 Å². The molecule has 0 aliphatic rings. The van der Waals surface area contributed by atoms with Crippen LogP contribution in [0.15, 0.2) is 36.9 Å². The van der Waals surface area contributed by atoms with Crippen molar-refractivity contribution in [1.82, 2.24) is 20.1 Å². The molecule has 0 fully saturated rings. The molecule has 0 saturated heterocycles. The first-order valence-corrected chi connectivity index (χ1v) is 5.55. The molecule has 0 unspecified atom stereocenters. The second kappa shape index (κ2) is 5.42. The quantitative estimate of drug-likeness (QED) is 0.774. The Hall–Kier alpha value is -1.68. The van der Waals surface area contributed by atoms with Crippen molar-refractivity contribution >= 4 is 0 Å². The lowest BCUT2D eigenvalue weighted by Gasteiger charge is -2.09. The van der Waals surface area contributed by atoms with Crippen molar-refractivity contribution in [3.05, 3.63) is 42.5 Å². The highest BCUT2D eigenvalue weighted by Crippen LogP contribution is 2.12. The number of nitrogens with one attached hydrogen (secondary N) is 1. The normalized spacial score (nSPS) is 10.6. The molecule has 1 aromatic heterocycles. The van der Waals surface area contributed by atoms with E-state index >= 15 is 0 Å². The van der Waals surface area contributed by atoms with Gasteiger partial charge in [0.1, 0.15) is 12.7 Å². The van der Waals surface area contributed by atoms with Crippen molar-refractivity contribution in [2.24, 2.45) is 0 Å². The van der Waals surface area contributed by atoms with Gasteiger partial charge in [0.2, 0.25) is 0 Å². The third-order valence-electron chi connectivity index (χ3n) is 2.40. The van der Waals surface area contributed by atoms with Crippen LogP contribution in [-0.2, 0) is 6.54 Å². The minimum atomic E-state index is 0.865. The van der Waals surface area contributed by atoms with E-state index in [4.69, 9.17) is 0 Å². The summed E-state index contributed by atoms with van der Waals surface area (Å²) in [5.74, 6) is 0. The maximum absolute atomic E-state index is 4.15. The SMILES string of the molecule is CCCNCc1ccccc1-n1cncn1. The van der Waals surface area contributed by atoms with Gasteiger partial charge in [-0.3, -0.25) is 0 Å². The fourth-order valence-corrected chi connectivity index (χ4v) is 1.62. The fraction of sp³-hybridized carbons (Fsp3) is 0.333. The van der Waals surface area contributed by atoms with Gasteiger partial charge < -0.3 is 5.32 Å². The van der Waals surface area contributed by atoms with Crippen LogP contribution in [0.3, 0.4) is 0 Å². The molecule has 0 spiro atoms. The van der Waals surface area contributed by atoms with Gasteiger partial charge in [0.05, 0.1) is 5.69 Å². The number of para-hydroxylation sites is 1. The molecular formula is C12H16N4. The van der Waals surface area contributed by atoms with Gasteiger partial charge in [-0.1, -0.05) is 25.1 Å². The molecule has 0 bridgehead atoms. The van der Waals surface area contributed by atoms with Crippen molar-refractivity contribution in [3.63, 3.8) is 0 Å². The zero-order valence-corrected chi connectivity index (χ0v) is 9.43. The summed E-state index contributed by atoms with van der Waals surface area (Å²) in [5, 5.41) is 7.55. The summed E-state index contributed by atoms with van der Waals surface area (Å²) >= 11 is 0. The summed E-state index contributed by atoms with van der Waals surface area (Å²) in [4.78, 5) is 3.97. The van der Waals surface area contributed by atoms with Crippen molar-refractivity contribution in [3.8, 4) is 5.69 Å². The van der Waals surface area contributed by atoms with E-state index in [9.17, 15) is 0 Å². The van der Waals surface area contributed by atoms with Crippen LogP contribution >= 0.6 is 0 Å². The van der Waals surface area contributed by atoms with Gasteiger partial charge in [0.15, 0.2) is 0 Å². The Kier molecular flexibility index (Phi) is 3.66. The third-order valence-corrected chi connectivity index (χ3v) is 2.40. The molecule has 0 aliphatic carbocycles. The molecule has 1 heterocycles. The lowest BCUT2D eigenvalue weighted by molar-refractivity contribution is 0.670. The Morgan fingerprint density at radius 3 is 2.94 bits per heavy atom. The van der Waals surface area contributed by atoms with Crippen molar-refractivity contribution in [1.29, 1.82) is 0 Å². The fourth-order valence-electron chi connectivity index (χ4n) is 1.62. The Labute approximate surface area is 95.3 Å². The van der Waals surface area contributed by atoms with Crippen LogP contribution in [0.2, 0.25) is 0 Å². The Morgan fingerprint density at radius 1 is 1.31 bits per heavy atom. The highest BCUT2D eigenvalue weighted by Gasteiger charge is 2.03. The second-order valence-electron chi connectivity index (χ2n) is 3.65. The van der Waals surface area contributed by atoms with Crippen molar-refractivity contribution in [2.75, 3.05) is 6.54 Å². The molecule has 0 amide bonds. The predicted octanol–water partition coefficient (Wildman–Crippen LogP) is 1.77. The smallest absolute Gasteiger partial charge is 0.138 e. The first kappa shape index (κ1) is 10.8. The highest BCUT2D eigenvalue weighted by molar-refractivity contribution is 5.39. The Morgan fingerprint density at radius 2 is 2.19 bits per heavy atom. The largest absolute Gasteiger partial charge is 0.313 e. The highest BCUT2D eigenvalue weighted by atomic mass is 15.3. The Balaban J connectivity index is 2.18. The van der Waals surface area contributed by atoms with Crippen LogP contribution in [-0.4, -0.2) is 21.3 Å². The second-order valence-corrected chi connectivity index (χ2v) is 3.65. The minimum Gasteiger partial charge on any atom is -0.313 e. The molecule has 0 atom stereocenters. The number of aromatic nitrogens is 3. The van der Waals surface area contributed by atoms with Crippen molar-refractivity contribution < 1.29 is 0 Å². The molecule has 4 heteroatoms. The summed E-state index contributed by atoms with van der Waals surface area (Å²) in [6.45, 7) is 4.06. The summed E-state index contributed by atoms with van der Waals surface area (Å²) in [7, 11) is 0. The first-order valence-electron chi connectivity index (χ1n) is 5.55. The lowest BCUT2D eigenvalue weighted by Crippen LogP contribution is -2.15. The molecular weight excluding hydrogens is 200 g/mol. The lowest BCUT2D eigenvalue weighted by atomic mass is 10.2. The molecule has 2 aromatic rings. The van der Waals surface area contributed by atoms with E-state index in [0.29, 0.717) is 0 Å². The molecule has 0 saturated carbocycles. The van der Waals surface area contributed by atoms with Gasteiger partial charge in [-0.15, -0.1) is 0 Å². The van der Waals surface area contributed by atoms with Crippen LogP contribution in [0.25, 0.3) is 5.69 Å². The van der Waals surface area contributed by atoms with Gasteiger partial charge >= 0.3 is 0 Å². The molecule has 0 radical (unpaired) electrons. The maximum atomic E-state index is 4.15. The number of hydrogen-bond acceptors (Lipinski definition) is 3. The van der Waals surface area contributed by atoms with Crippen LogP contribution < -0.4 is 5.32 Å². The van der Waals surface area contributed by atoms with E-state index in [1.807, 2.05) is 12.1 Å². The number of hydrogen-bond donors (Lipinski definition) is 1. The van der Waals surface area contributed by atoms with Crippen LogP contribution in [0.5, 0.6) is 0 Å². The first-order chi connectivity index (χ1) is 7.92. The zero-order valence-electron chi connectivity index (χ0n) is 9.43. The molecule has 4 nitrogen and oxygen atoms in total. The van der Waals surface area contributed by atoms with Gasteiger partial charge in [0, 0.05) is 6.54 Å². The predicted molar refractivity (Wildman–Crippen MR) is 63.4 cm³/mol. The summed E-state index contributed by atoms with van der Waals surface area (Å²) in [6.07, 6.45) is 4.42. The van der Waals surface area contributed by atoms with Gasteiger partial charge in [0.25, 0.3) is 0 Å². The van der Waals surface area contributed by atoms with Crippen LogP contribution in [0.1, 0.15) is 18.9 Å². The average Bonchev–Trinajstić information content (AvgIpc) is 2.83. The monoisotopic (exact) mass is 216 g/mol.